The fraction of sp³-hybridized carbons (Fsp3) is 0.381. The minimum Gasteiger partial charge on any atom is -0.496 e. The van der Waals surface area contributed by atoms with Gasteiger partial charge in [-0.3, -0.25) is 4.79 Å². The highest BCUT2D eigenvalue weighted by Gasteiger charge is 2.22. The van der Waals surface area contributed by atoms with Crippen molar-refractivity contribution in [2.45, 2.75) is 20.4 Å². The summed E-state index contributed by atoms with van der Waals surface area (Å²) in [4.78, 5) is 15.7. The number of piperazine rings is 1. The molecule has 25 heavy (non-hydrogen) atoms. The van der Waals surface area contributed by atoms with Crippen molar-refractivity contribution in [3.05, 3.63) is 59.2 Å². The molecule has 2 aromatic carbocycles. The van der Waals surface area contributed by atoms with Gasteiger partial charge in [0.2, 0.25) is 0 Å². The number of nitrogens with zero attached hydrogens (tertiary/aromatic N) is 1. The van der Waals surface area contributed by atoms with E-state index in [-0.39, 0.29) is 5.78 Å². The maximum atomic E-state index is 11.7. The number of aryl methyl sites for hydroxylation is 1. The molecule has 0 spiro atoms. The molecule has 0 aromatic heterocycles. The minimum absolute atomic E-state index is 0.100. The second-order valence-corrected chi connectivity index (χ2v) is 6.78. The van der Waals surface area contributed by atoms with Crippen LogP contribution in [0.2, 0.25) is 0 Å². The summed E-state index contributed by atoms with van der Waals surface area (Å²) in [5, 5.41) is 0. The number of anilines is 1. The second kappa shape index (κ2) is 7.70. The van der Waals surface area contributed by atoms with Gasteiger partial charge in [-0.15, -0.1) is 0 Å². The number of carbonyl (C=O) groups excluding carboxylic acids is 1. The van der Waals surface area contributed by atoms with Gasteiger partial charge in [0.1, 0.15) is 12.3 Å². The third-order valence-corrected chi connectivity index (χ3v) is 5.05. The highest BCUT2D eigenvalue weighted by atomic mass is 16.5. The van der Waals surface area contributed by atoms with Crippen LogP contribution in [0.5, 0.6) is 5.75 Å². The van der Waals surface area contributed by atoms with E-state index in [1.54, 1.807) is 14.0 Å². The zero-order valence-electron chi connectivity index (χ0n) is 15.3. The van der Waals surface area contributed by atoms with E-state index in [9.17, 15) is 4.79 Å². The van der Waals surface area contributed by atoms with Gasteiger partial charge in [-0.05, 0) is 43.7 Å². The van der Waals surface area contributed by atoms with Gasteiger partial charge in [0.25, 0.3) is 0 Å². The van der Waals surface area contributed by atoms with Crippen molar-refractivity contribution < 1.29 is 14.4 Å². The van der Waals surface area contributed by atoms with Crippen LogP contribution < -0.4 is 14.5 Å². The molecule has 0 unspecified atom stereocenters. The lowest BCUT2D eigenvalue weighted by atomic mass is 10.1. The van der Waals surface area contributed by atoms with E-state index in [1.165, 1.54) is 16.2 Å². The molecule has 1 aliphatic heterocycles. The van der Waals surface area contributed by atoms with Crippen LogP contribution >= 0.6 is 0 Å². The minimum atomic E-state index is 0.100. The quantitative estimate of drug-likeness (QED) is 0.847. The molecule has 4 heteroatoms. The Morgan fingerprint density at radius 2 is 1.88 bits per heavy atom. The fourth-order valence-corrected chi connectivity index (χ4v) is 3.56. The van der Waals surface area contributed by atoms with Crippen LogP contribution in [0.3, 0.4) is 0 Å². The number of Topliss-reactive ketones (excluding diaryl/α,β-unsaturated/α-hetero) is 1. The van der Waals surface area contributed by atoms with Crippen molar-refractivity contribution >= 4 is 11.5 Å². The molecule has 2 aromatic rings. The molecular formula is C21H27N2O2+. The Morgan fingerprint density at radius 1 is 1.16 bits per heavy atom. The SMILES string of the molecule is COc1ccc(C(C)=O)cc1C[NH+]1CCN(c2ccccc2C)CC1. The molecule has 0 radical (unpaired) electrons. The zero-order valence-corrected chi connectivity index (χ0v) is 15.3. The molecule has 0 amide bonds. The smallest absolute Gasteiger partial charge is 0.159 e. The number of hydrogen-bond donors (Lipinski definition) is 1. The van der Waals surface area contributed by atoms with Crippen LogP contribution in [-0.4, -0.2) is 39.1 Å². The van der Waals surface area contributed by atoms with E-state index in [0.717, 1.165) is 49.6 Å². The lowest BCUT2D eigenvalue weighted by Crippen LogP contribution is -3.13. The number of ether oxygens (including phenoxy) is 1. The topological polar surface area (TPSA) is 34.0 Å². The zero-order chi connectivity index (χ0) is 17.8. The Bertz CT molecular complexity index is 749. The van der Waals surface area contributed by atoms with E-state index in [0.29, 0.717) is 0 Å². The van der Waals surface area contributed by atoms with Gasteiger partial charge >= 0.3 is 0 Å². The molecule has 1 saturated heterocycles. The van der Waals surface area contributed by atoms with Crippen molar-refractivity contribution in [1.82, 2.24) is 0 Å². The first-order valence-corrected chi connectivity index (χ1v) is 8.90. The Morgan fingerprint density at radius 3 is 2.52 bits per heavy atom. The molecule has 1 aliphatic rings. The molecule has 1 fully saturated rings. The summed E-state index contributed by atoms with van der Waals surface area (Å²) in [7, 11) is 1.69. The first-order chi connectivity index (χ1) is 12.1. The summed E-state index contributed by atoms with van der Waals surface area (Å²) in [6.07, 6.45) is 0. The van der Waals surface area contributed by atoms with Gasteiger partial charge < -0.3 is 14.5 Å². The average molecular weight is 339 g/mol. The summed E-state index contributed by atoms with van der Waals surface area (Å²) in [5.74, 6) is 0.974. The summed E-state index contributed by atoms with van der Waals surface area (Å²) < 4.78 is 5.49. The van der Waals surface area contributed by atoms with Crippen molar-refractivity contribution in [2.24, 2.45) is 0 Å². The number of benzene rings is 2. The number of nitrogens with one attached hydrogen (secondary N) is 1. The number of carbonyl (C=O) groups is 1. The molecule has 0 bridgehead atoms. The maximum absolute atomic E-state index is 11.7. The van der Waals surface area contributed by atoms with Gasteiger partial charge in [-0.2, -0.15) is 0 Å². The molecule has 132 valence electrons. The first kappa shape index (κ1) is 17.5. The molecule has 1 heterocycles. The number of ketones is 1. The number of para-hydroxylation sites is 1. The van der Waals surface area contributed by atoms with Crippen molar-refractivity contribution in [1.29, 1.82) is 0 Å². The largest absolute Gasteiger partial charge is 0.496 e. The molecule has 1 N–H and O–H groups in total. The standard InChI is InChI=1S/C21H26N2O2/c1-16-6-4-5-7-20(16)23-12-10-22(11-13-23)15-19-14-18(17(2)24)8-9-21(19)25-3/h4-9,14H,10-13,15H2,1-3H3/p+1. The predicted octanol–water partition coefficient (Wildman–Crippen LogP) is 2.11. The second-order valence-electron chi connectivity index (χ2n) is 6.78. The van der Waals surface area contributed by atoms with Gasteiger partial charge in [0.05, 0.1) is 33.3 Å². The monoisotopic (exact) mass is 339 g/mol. The van der Waals surface area contributed by atoms with Crippen molar-refractivity contribution in [2.75, 3.05) is 38.2 Å². The molecule has 0 atom stereocenters. The summed E-state index contributed by atoms with van der Waals surface area (Å²) >= 11 is 0. The van der Waals surface area contributed by atoms with Gasteiger partial charge in [-0.25, -0.2) is 0 Å². The predicted molar refractivity (Wildman–Crippen MR) is 101 cm³/mol. The maximum Gasteiger partial charge on any atom is 0.159 e. The van der Waals surface area contributed by atoms with Crippen LogP contribution in [-0.2, 0) is 6.54 Å². The van der Waals surface area contributed by atoms with Gasteiger partial charge in [-0.1, -0.05) is 18.2 Å². The van der Waals surface area contributed by atoms with E-state index < -0.39 is 0 Å². The third-order valence-electron chi connectivity index (χ3n) is 5.05. The van der Waals surface area contributed by atoms with Crippen LogP contribution in [0.4, 0.5) is 5.69 Å². The number of quaternary nitrogens is 1. The van der Waals surface area contributed by atoms with E-state index in [1.807, 2.05) is 18.2 Å². The molecule has 3 rings (SSSR count). The lowest BCUT2D eigenvalue weighted by Gasteiger charge is -2.34. The van der Waals surface area contributed by atoms with Crippen molar-refractivity contribution in [3.8, 4) is 5.75 Å². The summed E-state index contributed by atoms with van der Waals surface area (Å²) in [6.45, 7) is 8.95. The van der Waals surface area contributed by atoms with Crippen LogP contribution in [0.15, 0.2) is 42.5 Å². The summed E-state index contributed by atoms with van der Waals surface area (Å²) in [6, 6.07) is 14.3. The highest BCUT2D eigenvalue weighted by molar-refractivity contribution is 5.94. The van der Waals surface area contributed by atoms with E-state index in [2.05, 4.69) is 36.1 Å². The summed E-state index contributed by atoms with van der Waals surface area (Å²) in [5.41, 5.74) is 4.56. The highest BCUT2D eigenvalue weighted by Crippen LogP contribution is 2.21. The Kier molecular flexibility index (Phi) is 5.39. The van der Waals surface area contributed by atoms with Crippen LogP contribution in [0, 0.1) is 6.92 Å². The van der Waals surface area contributed by atoms with Gasteiger partial charge in [0.15, 0.2) is 5.78 Å². The van der Waals surface area contributed by atoms with E-state index in [4.69, 9.17) is 4.74 Å². The Labute approximate surface area is 150 Å². The van der Waals surface area contributed by atoms with E-state index >= 15 is 0 Å². The van der Waals surface area contributed by atoms with Gasteiger partial charge in [0, 0.05) is 16.8 Å². The number of rotatable bonds is 5. The lowest BCUT2D eigenvalue weighted by molar-refractivity contribution is -0.914. The van der Waals surface area contributed by atoms with Crippen LogP contribution in [0.1, 0.15) is 28.4 Å². The average Bonchev–Trinajstić information content (AvgIpc) is 2.63. The molecule has 0 aliphatic carbocycles. The van der Waals surface area contributed by atoms with Crippen molar-refractivity contribution in [3.63, 3.8) is 0 Å². The number of hydrogen-bond acceptors (Lipinski definition) is 3. The molecule has 4 nitrogen and oxygen atoms in total. The Balaban J connectivity index is 1.67. The molecule has 0 saturated carbocycles. The number of methoxy groups -OCH3 is 1. The third kappa shape index (κ3) is 4.02. The molecular weight excluding hydrogens is 312 g/mol. The fourth-order valence-electron chi connectivity index (χ4n) is 3.56. The first-order valence-electron chi connectivity index (χ1n) is 8.90. The van der Waals surface area contributed by atoms with Crippen LogP contribution in [0.25, 0.3) is 0 Å². The Hall–Kier alpha value is -2.33. The normalized spacial score (nSPS) is 15.2.